The van der Waals surface area contributed by atoms with Gasteiger partial charge in [0.05, 0.1) is 10.7 Å². The Balaban J connectivity index is 2.40. The van der Waals surface area contributed by atoms with Gasteiger partial charge in [-0.3, -0.25) is 4.79 Å². The maximum atomic E-state index is 12.6. The van der Waals surface area contributed by atoms with Crippen LogP contribution in [0.15, 0.2) is 46.9 Å². The Morgan fingerprint density at radius 2 is 1.95 bits per heavy atom. The molecule has 6 heteroatoms. The number of amides is 1. The highest BCUT2D eigenvalue weighted by atomic mass is 79.9. The molecule has 2 rings (SSSR count). The zero-order valence-electron chi connectivity index (χ0n) is 11.1. The monoisotopic (exact) mass is 382 g/mol. The van der Waals surface area contributed by atoms with Gasteiger partial charge >= 0.3 is 0 Å². The fourth-order valence-corrected chi connectivity index (χ4v) is 2.58. The highest BCUT2D eigenvalue weighted by molar-refractivity contribution is 9.10. The summed E-state index contributed by atoms with van der Waals surface area (Å²) in [5.74, 6) is -0.170. The van der Waals surface area contributed by atoms with Gasteiger partial charge in [0.2, 0.25) is 0 Å². The van der Waals surface area contributed by atoms with Gasteiger partial charge in [-0.15, -0.1) is 0 Å². The van der Waals surface area contributed by atoms with Crippen LogP contribution in [0.25, 0.3) is 0 Å². The molecule has 2 aromatic carbocycles. The van der Waals surface area contributed by atoms with Gasteiger partial charge in [0.15, 0.2) is 0 Å². The van der Waals surface area contributed by atoms with E-state index in [0.29, 0.717) is 26.3 Å². The predicted octanol–water partition coefficient (Wildman–Crippen LogP) is 4.01. The first-order valence-corrected chi connectivity index (χ1v) is 7.61. The number of hydrogen-bond acceptors (Lipinski definition) is 2. The molecular formula is C15H12BrClN2OS. The van der Waals surface area contributed by atoms with Crippen LogP contribution in [0.5, 0.6) is 0 Å². The van der Waals surface area contributed by atoms with Crippen LogP contribution in [0.3, 0.4) is 0 Å². The fraction of sp³-hybridized carbons (Fsp3) is 0.0667. The lowest BCUT2D eigenvalue weighted by Crippen LogP contribution is -2.28. The second-order valence-corrected chi connectivity index (χ2v) is 6.08. The molecule has 2 N–H and O–H groups in total. The zero-order valence-corrected chi connectivity index (χ0v) is 14.3. The highest BCUT2D eigenvalue weighted by Gasteiger charge is 2.17. The summed E-state index contributed by atoms with van der Waals surface area (Å²) in [6, 6.07) is 12.3. The quantitative estimate of drug-likeness (QED) is 0.815. The molecule has 0 fully saturated rings. The molecule has 0 unspecified atom stereocenters. The second-order valence-electron chi connectivity index (χ2n) is 4.37. The van der Waals surface area contributed by atoms with Crippen molar-refractivity contribution in [1.29, 1.82) is 0 Å². The minimum atomic E-state index is -0.170. The Hall–Kier alpha value is -1.43. The van der Waals surface area contributed by atoms with Crippen molar-refractivity contribution in [3.05, 3.63) is 63.1 Å². The minimum Gasteiger partial charge on any atom is -0.389 e. The van der Waals surface area contributed by atoms with E-state index in [9.17, 15) is 4.79 Å². The standard InChI is InChI=1S/C15H12BrClN2OS/c1-19(13-5-3-2-4-10(13)14(18)21)15(20)9-6-7-12(17)11(16)8-9/h2-8H,1H3,(H2,18,21). The van der Waals surface area contributed by atoms with Crippen molar-refractivity contribution in [1.82, 2.24) is 0 Å². The van der Waals surface area contributed by atoms with Gasteiger partial charge in [-0.2, -0.15) is 0 Å². The van der Waals surface area contributed by atoms with E-state index in [2.05, 4.69) is 15.9 Å². The van der Waals surface area contributed by atoms with E-state index in [4.69, 9.17) is 29.6 Å². The first-order valence-electron chi connectivity index (χ1n) is 6.03. The molecule has 2 aromatic rings. The Morgan fingerprint density at radius 3 is 2.57 bits per heavy atom. The molecule has 0 saturated carbocycles. The van der Waals surface area contributed by atoms with Crippen LogP contribution in [0.2, 0.25) is 5.02 Å². The topological polar surface area (TPSA) is 46.3 Å². The van der Waals surface area contributed by atoms with E-state index in [1.807, 2.05) is 12.1 Å². The summed E-state index contributed by atoms with van der Waals surface area (Å²) in [5, 5.41) is 0.553. The van der Waals surface area contributed by atoms with Crippen molar-refractivity contribution < 1.29 is 4.79 Å². The third-order valence-electron chi connectivity index (χ3n) is 3.00. The first kappa shape index (κ1) is 15.9. The number of hydrogen-bond donors (Lipinski definition) is 1. The lowest BCUT2D eigenvalue weighted by Gasteiger charge is -2.20. The lowest BCUT2D eigenvalue weighted by atomic mass is 10.1. The number of benzene rings is 2. The Morgan fingerprint density at radius 1 is 1.29 bits per heavy atom. The third kappa shape index (κ3) is 3.43. The largest absolute Gasteiger partial charge is 0.389 e. The van der Waals surface area contributed by atoms with E-state index >= 15 is 0 Å². The molecule has 0 atom stereocenters. The van der Waals surface area contributed by atoms with E-state index in [0.717, 1.165) is 0 Å². The van der Waals surface area contributed by atoms with Crippen molar-refractivity contribution >= 4 is 56.3 Å². The van der Waals surface area contributed by atoms with Crippen molar-refractivity contribution in [2.24, 2.45) is 5.73 Å². The number of carbonyl (C=O) groups excluding carboxylic acids is 1. The number of para-hydroxylation sites is 1. The molecule has 0 spiro atoms. The third-order valence-corrected chi connectivity index (χ3v) is 4.44. The fourth-order valence-electron chi connectivity index (χ4n) is 1.91. The number of nitrogens with zero attached hydrogens (tertiary/aromatic N) is 1. The summed E-state index contributed by atoms with van der Waals surface area (Å²) < 4.78 is 0.672. The van der Waals surface area contributed by atoms with E-state index in [1.54, 1.807) is 37.4 Å². The number of nitrogens with two attached hydrogens (primary N) is 1. The van der Waals surface area contributed by atoms with Crippen LogP contribution in [0.4, 0.5) is 5.69 Å². The molecule has 0 bridgehead atoms. The molecule has 21 heavy (non-hydrogen) atoms. The average Bonchev–Trinajstić information content (AvgIpc) is 2.48. The smallest absolute Gasteiger partial charge is 0.258 e. The summed E-state index contributed by atoms with van der Waals surface area (Å²) in [6.07, 6.45) is 0. The van der Waals surface area contributed by atoms with Gasteiger partial charge in [-0.05, 0) is 46.3 Å². The van der Waals surface area contributed by atoms with Gasteiger partial charge in [0, 0.05) is 22.6 Å². The predicted molar refractivity (Wildman–Crippen MR) is 94.2 cm³/mol. The van der Waals surface area contributed by atoms with Gasteiger partial charge < -0.3 is 10.6 Å². The van der Waals surface area contributed by atoms with Gasteiger partial charge in [0.25, 0.3) is 5.91 Å². The number of carbonyl (C=O) groups is 1. The summed E-state index contributed by atoms with van der Waals surface area (Å²) >= 11 is 14.3. The summed E-state index contributed by atoms with van der Waals surface area (Å²) in [7, 11) is 1.68. The average molecular weight is 384 g/mol. The number of rotatable bonds is 3. The first-order chi connectivity index (χ1) is 9.91. The molecular weight excluding hydrogens is 372 g/mol. The summed E-state index contributed by atoms with van der Waals surface area (Å²) in [6.45, 7) is 0. The Bertz CT molecular complexity index is 721. The second kappa shape index (κ2) is 6.56. The van der Waals surface area contributed by atoms with Crippen LogP contribution >= 0.6 is 39.7 Å². The Kier molecular flexibility index (Phi) is 4.98. The molecule has 0 radical (unpaired) electrons. The lowest BCUT2D eigenvalue weighted by molar-refractivity contribution is 0.0993. The minimum absolute atomic E-state index is 0.170. The number of thiocarbonyl (C=S) groups is 1. The maximum Gasteiger partial charge on any atom is 0.258 e. The molecule has 0 aliphatic heterocycles. The van der Waals surface area contributed by atoms with Gasteiger partial charge in [0.1, 0.15) is 4.99 Å². The van der Waals surface area contributed by atoms with Gasteiger partial charge in [-0.25, -0.2) is 0 Å². The van der Waals surface area contributed by atoms with Crippen molar-refractivity contribution in [3.8, 4) is 0 Å². The number of anilines is 1. The molecule has 0 aromatic heterocycles. The highest BCUT2D eigenvalue weighted by Crippen LogP contribution is 2.26. The van der Waals surface area contributed by atoms with Crippen LogP contribution in [0, 0.1) is 0 Å². The summed E-state index contributed by atoms with van der Waals surface area (Å²) in [5.41, 5.74) is 7.55. The van der Waals surface area contributed by atoms with Gasteiger partial charge in [-0.1, -0.05) is 36.0 Å². The van der Waals surface area contributed by atoms with Crippen LogP contribution in [0.1, 0.15) is 15.9 Å². The maximum absolute atomic E-state index is 12.6. The van der Waals surface area contributed by atoms with E-state index < -0.39 is 0 Å². The van der Waals surface area contributed by atoms with Crippen LogP contribution in [-0.4, -0.2) is 17.9 Å². The van der Waals surface area contributed by atoms with Crippen LogP contribution in [-0.2, 0) is 0 Å². The van der Waals surface area contributed by atoms with Crippen molar-refractivity contribution in [2.45, 2.75) is 0 Å². The number of halogens is 2. The molecule has 108 valence electrons. The normalized spacial score (nSPS) is 10.2. The molecule has 1 amide bonds. The molecule has 0 aliphatic carbocycles. The molecule has 0 heterocycles. The SMILES string of the molecule is CN(C(=O)c1ccc(Cl)c(Br)c1)c1ccccc1C(N)=S. The van der Waals surface area contributed by atoms with E-state index in [1.165, 1.54) is 4.90 Å². The molecule has 0 saturated heterocycles. The zero-order chi connectivity index (χ0) is 15.6. The van der Waals surface area contributed by atoms with Crippen molar-refractivity contribution in [3.63, 3.8) is 0 Å². The Labute approximate surface area is 141 Å². The van der Waals surface area contributed by atoms with Crippen molar-refractivity contribution in [2.75, 3.05) is 11.9 Å². The van der Waals surface area contributed by atoms with Crippen LogP contribution < -0.4 is 10.6 Å². The molecule has 3 nitrogen and oxygen atoms in total. The van der Waals surface area contributed by atoms with E-state index in [-0.39, 0.29) is 10.9 Å². The molecule has 0 aliphatic rings. The summed E-state index contributed by atoms with van der Waals surface area (Å²) in [4.78, 5) is 14.3.